The number of nitrogens with one attached hydrogen (secondary N) is 1. The maximum absolute atomic E-state index is 10.8. The Morgan fingerprint density at radius 2 is 2.14 bits per heavy atom. The molecule has 0 amide bonds. The maximum atomic E-state index is 10.8. The van der Waals surface area contributed by atoms with Crippen LogP contribution in [0.15, 0.2) is 0 Å². The van der Waals surface area contributed by atoms with E-state index in [-0.39, 0.29) is 12.1 Å². The SMILES string of the molecule is CCC(NC1CCCCC1O)C(=O)O. The second-order valence-electron chi connectivity index (χ2n) is 3.92. The van der Waals surface area contributed by atoms with Crippen LogP contribution in [0.25, 0.3) is 0 Å². The van der Waals surface area contributed by atoms with Gasteiger partial charge in [-0.2, -0.15) is 0 Å². The van der Waals surface area contributed by atoms with E-state index in [0.29, 0.717) is 6.42 Å². The number of carboxylic acids is 1. The second-order valence-corrected chi connectivity index (χ2v) is 3.92. The molecule has 1 fully saturated rings. The van der Waals surface area contributed by atoms with Crippen molar-refractivity contribution < 1.29 is 15.0 Å². The van der Waals surface area contributed by atoms with Crippen molar-refractivity contribution in [1.29, 1.82) is 0 Å². The van der Waals surface area contributed by atoms with E-state index >= 15 is 0 Å². The van der Waals surface area contributed by atoms with Gasteiger partial charge in [0.25, 0.3) is 0 Å². The topological polar surface area (TPSA) is 69.6 Å². The van der Waals surface area contributed by atoms with E-state index in [1.807, 2.05) is 6.92 Å². The Bertz CT molecular complexity index is 196. The van der Waals surface area contributed by atoms with Crippen molar-refractivity contribution in [2.75, 3.05) is 0 Å². The molecule has 14 heavy (non-hydrogen) atoms. The molecule has 1 rings (SSSR count). The third-order valence-electron chi connectivity index (χ3n) is 2.85. The quantitative estimate of drug-likeness (QED) is 0.627. The number of hydrogen-bond acceptors (Lipinski definition) is 3. The average molecular weight is 201 g/mol. The summed E-state index contributed by atoms with van der Waals surface area (Å²) < 4.78 is 0. The molecular formula is C10H19NO3. The minimum atomic E-state index is -0.828. The van der Waals surface area contributed by atoms with Crippen molar-refractivity contribution >= 4 is 5.97 Å². The first kappa shape index (κ1) is 11.5. The molecule has 0 heterocycles. The summed E-state index contributed by atoms with van der Waals surface area (Å²) in [5.41, 5.74) is 0. The lowest BCUT2D eigenvalue weighted by Crippen LogP contribution is -2.49. The fourth-order valence-corrected chi connectivity index (χ4v) is 1.93. The molecule has 4 nitrogen and oxygen atoms in total. The smallest absolute Gasteiger partial charge is 0.320 e. The summed E-state index contributed by atoms with van der Waals surface area (Å²) in [6.45, 7) is 1.83. The lowest BCUT2D eigenvalue weighted by molar-refractivity contribution is -0.140. The molecule has 0 spiro atoms. The van der Waals surface area contributed by atoms with Gasteiger partial charge in [0.15, 0.2) is 0 Å². The highest BCUT2D eigenvalue weighted by atomic mass is 16.4. The summed E-state index contributed by atoms with van der Waals surface area (Å²) in [4.78, 5) is 10.8. The zero-order chi connectivity index (χ0) is 10.6. The Hall–Kier alpha value is -0.610. The third-order valence-corrected chi connectivity index (χ3v) is 2.85. The van der Waals surface area contributed by atoms with E-state index in [9.17, 15) is 9.90 Å². The highest BCUT2D eigenvalue weighted by Crippen LogP contribution is 2.19. The number of carbonyl (C=O) groups is 1. The van der Waals surface area contributed by atoms with Crippen molar-refractivity contribution in [3.8, 4) is 0 Å². The van der Waals surface area contributed by atoms with Crippen molar-refractivity contribution in [3.63, 3.8) is 0 Å². The third kappa shape index (κ3) is 2.96. The molecule has 0 aliphatic heterocycles. The Balaban J connectivity index is 2.43. The first-order valence-electron chi connectivity index (χ1n) is 5.32. The van der Waals surface area contributed by atoms with Gasteiger partial charge < -0.3 is 10.2 Å². The summed E-state index contributed by atoms with van der Waals surface area (Å²) in [6, 6.07) is -0.558. The largest absolute Gasteiger partial charge is 0.480 e. The number of hydrogen-bond donors (Lipinski definition) is 3. The number of carboxylic acid groups (broad SMARTS) is 1. The number of aliphatic carboxylic acids is 1. The van der Waals surface area contributed by atoms with Crippen LogP contribution in [-0.2, 0) is 4.79 Å². The van der Waals surface area contributed by atoms with Crippen LogP contribution in [0.1, 0.15) is 39.0 Å². The fraction of sp³-hybridized carbons (Fsp3) is 0.900. The lowest BCUT2D eigenvalue weighted by atomic mass is 9.92. The standard InChI is InChI=1S/C10H19NO3/c1-2-7(10(13)14)11-8-5-3-4-6-9(8)12/h7-9,11-12H,2-6H2,1H3,(H,13,14). The van der Waals surface area contributed by atoms with Crippen LogP contribution < -0.4 is 5.32 Å². The summed E-state index contributed by atoms with van der Waals surface area (Å²) in [6.07, 6.45) is 3.96. The van der Waals surface area contributed by atoms with E-state index in [1.165, 1.54) is 0 Å². The second kappa shape index (κ2) is 5.32. The van der Waals surface area contributed by atoms with Gasteiger partial charge in [-0.05, 0) is 19.3 Å². The first-order chi connectivity index (χ1) is 6.65. The van der Waals surface area contributed by atoms with Gasteiger partial charge in [0.1, 0.15) is 6.04 Å². The van der Waals surface area contributed by atoms with Crippen LogP contribution in [-0.4, -0.2) is 34.4 Å². The monoisotopic (exact) mass is 201 g/mol. The van der Waals surface area contributed by atoms with E-state index in [0.717, 1.165) is 25.7 Å². The predicted octanol–water partition coefficient (Wildman–Crippen LogP) is 0.743. The van der Waals surface area contributed by atoms with E-state index < -0.39 is 12.0 Å². The molecule has 4 heteroatoms. The van der Waals surface area contributed by atoms with Crippen LogP contribution in [0, 0.1) is 0 Å². The molecule has 1 saturated carbocycles. The van der Waals surface area contributed by atoms with Crippen LogP contribution in [0.4, 0.5) is 0 Å². The number of aliphatic hydroxyl groups excluding tert-OH is 1. The van der Waals surface area contributed by atoms with Crippen molar-refractivity contribution in [2.24, 2.45) is 0 Å². The van der Waals surface area contributed by atoms with Crippen molar-refractivity contribution in [2.45, 2.75) is 57.2 Å². The summed E-state index contributed by atoms with van der Waals surface area (Å²) in [5.74, 6) is -0.828. The van der Waals surface area contributed by atoms with Gasteiger partial charge in [0, 0.05) is 6.04 Å². The van der Waals surface area contributed by atoms with Crippen LogP contribution in [0.2, 0.25) is 0 Å². The summed E-state index contributed by atoms with van der Waals surface area (Å²) >= 11 is 0. The molecule has 0 aromatic carbocycles. The van der Waals surface area contributed by atoms with Gasteiger partial charge >= 0.3 is 5.97 Å². The fourth-order valence-electron chi connectivity index (χ4n) is 1.93. The first-order valence-corrected chi connectivity index (χ1v) is 5.32. The molecule has 0 radical (unpaired) electrons. The molecule has 3 unspecified atom stereocenters. The van der Waals surface area contributed by atoms with E-state index in [2.05, 4.69) is 5.32 Å². The maximum Gasteiger partial charge on any atom is 0.320 e. The van der Waals surface area contributed by atoms with Crippen molar-refractivity contribution in [1.82, 2.24) is 5.32 Å². The Kier molecular flexibility index (Phi) is 4.35. The van der Waals surface area contributed by atoms with Gasteiger partial charge in [-0.15, -0.1) is 0 Å². The zero-order valence-electron chi connectivity index (χ0n) is 8.57. The van der Waals surface area contributed by atoms with Gasteiger partial charge in [0.05, 0.1) is 6.10 Å². The van der Waals surface area contributed by atoms with E-state index in [4.69, 9.17) is 5.11 Å². The van der Waals surface area contributed by atoms with Gasteiger partial charge in [-0.3, -0.25) is 10.1 Å². The molecular weight excluding hydrogens is 182 g/mol. The van der Waals surface area contributed by atoms with E-state index in [1.54, 1.807) is 0 Å². The normalized spacial score (nSPS) is 29.9. The predicted molar refractivity (Wildman–Crippen MR) is 53.1 cm³/mol. The minimum Gasteiger partial charge on any atom is -0.480 e. The molecule has 1 aliphatic carbocycles. The van der Waals surface area contributed by atoms with Crippen LogP contribution in [0.5, 0.6) is 0 Å². The summed E-state index contributed by atoms with van der Waals surface area (Å²) in [7, 11) is 0. The van der Waals surface area contributed by atoms with Crippen LogP contribution in [0.3, 0.4) is 0 Å². The molecule has 3 N–H and O–H groups in total. The number of rotatable bonds is 4. The van der Waals surface area contributed by atoms with Gasteiger partial charge in [-0.25, -0.2) is 0 Å². The molecule has 0 aromatic heterocycles. The lowest BCUT2D eigenvalue weighted by Gasteiger charge is -2.30. The Morgan fingerprint density at radius 1 is 1.50 bits per heavy atom. The highest BCUT2D eigenvalue weighted by molar-refractivity contribution is 5.73. The van der Waals surface area contributed by atoms with Gasteiger partial charge in [-0.1, -0.05) is 19.8 Å². The zero-order valence-corrected chi connectivity index (χ0v) is 8.57. The minimum absolute atomic E-state index is 0.0372. The molecule has 82 valence electrons. The number of aliphatic hydroxyl groups is 1. The molecule has 0 aromatic rings. The molecule has 0 saturated heterocycles. The molecule has 1 aliphatic rings. The van der Waals surface area contributed by atoms with Crippen LogP contribution >= 0.6 is 0 Å². The highest BCUT2D eigenvalue weighted by Gasteiger charge is 2.27. The Labute approximate surface area is 84.3 Å². The average Bonchev–Trinajstić information content (AvgIpc) is 2.16. The van der Waals surface area contributed by atoms with Crippen molar-refractivity contribution in [3.05, 3.63) is 0 Å². The molecule has 3 atom stereocenters. The Morgan fingerprint density at radius 3 is 2.64 bits per heavy atom. The molecule has 0 bridgehead atoms. The summed E-state index contributed by atoms with van der Waals surface area (Å²) in [5, 5.41) is 21.5. The van der Waals surface area contributed by atoms with Gasteiger partial charge in [0.2, 0.25) is 0 Å².